The van der Waals surface area contributed by atoms with E-state index in [0.717, 1.165) is 43.5 Å². The summed E-state index contributed by atoms with van der Waals surface area (Å²) < 4.78 is 2.58. The number of thiophene rings is 1. The van der Waals surface area contributed by atoms with Crippen LogP contribution < -0.4 is 4.90 Å². The fourth-order valence-electron chi connectivity index (χ4n) is 2.96. The molecule has 1 saturated heterocycles. The monoisotopic (exact) mass is 357 g/mol. The van der Waals surface area contributed by atoms with Gasteiger partial charge in [0.25, 0.3) is 0 Å². The van der Waals surface area contributed by atoms with Crippen molar-refractivity contribution < 1.29 is 0 Å². The van der Waals surface area contributed by atoms with Gasteiger partial charge in [-0.2, -0.15) is 4.98 Å². The maximum Gasteiger partial charge on any atom is 0.217 e. The second-order valence-electron chi connectivity index (χ2n) is 5.84. The van der Waals surface area contributed by atoms with Crippen molar-refractivity contribution in [3.05, 3.63) is 52.6 Å². The molecule has 0 spiro atoms. The molecule has 3 aromatic rings. The Morgan fingerprint density at radius 2 is 1.83 bits per heavy atom. The highest BCUT2D eigenvalue weighted by atomic mass is 32.1. The number of para-hydroxylation sites is 1. The summed E-state index contributed by atoms with van der Waals surface area (Å²) in [5.41, 5.74) is 1.30. The van der Waals surface area contributed by atoms with Gasteiger partial charge in [-0.15, -0.1) is 11.3 Å². The molecule has 0 radical (unpaired) electrons. The molecule has 24 heavy (non-hydrogen) atoms. The van der Waals surface area contributed by atoms with Crippen LogP contribution in [-0.2, 0) is 6.67 Å². The smallest absolute Gasteiger partial charge is 0.217 e. The lowest BCUT2D eigenvalue weighted by molar-refractivity contribution is 0.194. The van der Waals surface area contributed by atoms with E-state index in [4.69, 9.17) is 12.2 Å². The summed E-state index contributed by atoms with van der Waals surface area (Å²) >= 11 is 7.07. The zero-order valence-corrected chi connectivity index (χ0v) is 14.9. The Labute approximate surface area is 150 Å². The number of nitrogens with zero attached hydrogens (tertiary/aromatic N) is 4. The summed E-state index contributed by atoms with van der Waals surface area (Å²) in [6.07, 6.45) is 0. The van der Waals surface area contributed by atoms with Gasteiger partial charge in [0.15, 0.2) is 5.82 Å². The summed E-state index contributed by atoms with van der Waals surface area (Å²) in [5.74, 6) is 0.859. The molecule has 0 aliphatic carbocycles. The average molecular weight is 358 g/mol. The first-order valence-electron chi connectivity index (χ1n) is 8.03. The molecule has 0 saturated carbocycles. The summed E-state index contributed by atoms with van der Waals surface area (Å²) in [4.78, 5) is 10.4. The number of aromatic amines is 1. The molecule has 1 aliphatic heterocycles. The molecule has 0 bridgehead atoms. The van der Waals surface area contributed by atoms with E-state index in [9.17, 15) is 0 Å². The van der Waals surface area contributed by atoms with Crippen LogP contribution in [0.15, 0.2) is 47.8 Å². The fraction of sp³-hybridized carbons (Fsp3) is 0.294. The number of piperazine rings is 1. The summed E-state index contributed by atoms with van der Waals surface area (Å²) in [5, 5.41) is 5.38. The lowest BCUT2D eigenvalue weighted by Crippen LogP contribution is -2.46. The Balaban J connectivity index is 1.40. The van der Waals surface area contributed by atoms with Crippen LogP contribution in [0.2, 0.25) is 0 Å². The Bertz CT molecular complexity index is 830. The van der Waals surface area contributed by atoms with Gasteiger partial charge in [0.05, 0.1) is 11.5 Å². The number of benzene rings is 1. The van der Waals surface area contributed by atoms with E-state index in [2.05, 4.69) is 56.3 Å². The molecule has 124 valence electrons. The van der Waals surface area contributed by atoms with Gasteiger partial charge in [-0.05, 0) is 35.8 Å². The Morgan fingerprint density at radius 1 is 1.04 bits per heavy atom. The number of H-pyrrole nitrogens is 1. The minimum absolute atomic E-state index is 0.615. The second kappa shape index (κ2) is 6.88. The minimum atomic E-state index is 0.615. The maximum absolute atomic E-state index is 5.40. The van der Waals surface area contributed by atoms with Gasteiger partial charge in [-0.3, -0.25) is 10.00 Å². The topological polar surface area (TPSA) is 40.1 Å². The number of nitrogens with one attached hydrogen (secondary N) is 1. The third kappa shape index (κ3) is 3.28. The SMILES string of the molecule is S=c1nc(-c2cccs2)[nH]n1CN1CCN(c2ccccc2)CC1. The predicted molar refractivity (Wildman–Crippen MR) is 101 cm³/mol. The third-order valence-corrected chi connectivity index (χ3v) is 5.46. The van der Waals surface area contributed by atoms with E-state index in [1.54, 1.807) is 11.3 Å². The van der Waals surface area contributed by atoms with Crippen molar-refractivity contribution in [2.24, 2.45) is 0 Å². The van der Waals surface area contributed by atoms with E-state index in [0.29, 0.717) is 4.77 Å². The van der Waals surface area contributed by atoms with Crippen LogP contribution in [0.4, 0.5) is 5.69 Å². The van der Waals surface area contributed by atoms with Crippen LogP contribution in [0.5, 0.6) is 0 Å². The number of rotatable bonds is 4. The fourth-order valence-corrected chi connectivity index (χ4v) is 3.82. The van der Waals surface area contributed by atoms with Gasteiger partial charge < -0.3 is 4.90 Å². The molecule has 0 atom stereocenters. The highest BCUT2D eigenvalue weighted by Gasteiger charge is 2.18. The molecule has 4 rings (SSSR count). The molecule has 0 unspecified atom stereocenters. The quantitative estimate of drug-likeness (QED) is 0.726. The van der Waals surface area contributed by atoms with Crippen molar-refractivity contribution >= 4 is 29.2 Å². The van der Waals surface area contributed by atoms with Gasteiger partial charge in [-0.25, -0.2) is 4.68 Å². The van der Waals surface area contributed by atoms with Crippen molar-refractivity contribution in [3.8, 4) is 10.7 Å². The lowest BCUT2D eigenvalue weighted by Gasteiger charge is -2.35. The molecule has 1 fully saturated rings. The summed E-state index contributed by atoms with van der Waals surface area (Å²) in [7, 11) is 0. The largest absolute Gasteiger partial charge is 0.369 e. The van der Waals surface area contributed by atoms with E-state index >= 15 is 0 Å². The molecular weight excluding hydrogens is 338 g/mol. The molecular formula is C17H19N5S2. The van der Waals surface area contributed by atoms with Gasteiger partial charge in [0, 0.05) is 31.9 Å². The van der Waals surface area contributed by atoms with Crippen LogP contribution in [0.25, 0.3) is 10.7 Å². The highest BCUT2D eigenvalue weighted by molar-refractivity contribution is 7.71. The van der Waals surface area contributed by atoms with Crippen LogP contribution in [0, 0.1) is 4.77 Å². The van der Waals surface area contributed by atoms with Crippen LogP contribution in [0.3, 0.4) is 0 Å². The number of aromatic nitrogens is 3. The Morgan fingerprint density at radius 3 is 2.54 bits per heavy atom. The second-order valence-corrected chi connectivity index (χ2v) is 7.16. The van der Waals surface area contributed by atoms with Crippen molar-refractivity contribution in [2.45, 2.75) is 6.67 Å². The van der Waals surface area contributed by atoms with Crippen molar-refractivity contribution in [3.63, 3.8) is 0 Å². The number of anilines is 1. The van der Waals surface area contributed by atoms with E-state index in [-0.39, 0.29) is 0 Å². The van der Waals surface area contributed by atoms with Crippen LogP contribution >= 0.6 is 23.6 Å². The van der Waals surface area contributed by atoms with Crippen molar-refractivity contribution in [1.29, 1.82) is 0 Å². The van der Waals surface area contributed by atoms with Crippen molar-refractivity contribution in [2.75, 3.05) is 31.1 Å². The maximum atomic E-state index is 5.40. The molecule has 1 N–H and O–H groups in total. The normalized spacial score (nSPS) is 15.8. The van der Waals surface area contributed by atoms with Gasteiger partial charge >= 0.3 is 0 Å². The van der Waals surface area contributed by atoms with Gasteiger partial charge in [0.1, 0.15) is 0 Å². The molecule has 7 heteroatoms. The zero-order valence-electron chi connectivity index (χ0n) is 13.3. The van der Waals surface area contributed by atoms with Gasteiger partial charge in [-0.1, -0.05) is 24.3 Å². The Hall–Kier alpha value is -1.96. The molecule has 0 amide bonds. The minimum Gasteiger partial charge on any atom is -0.369 e. The van der Waals surface area contributed by atoms with E-state index < -0.39 is 0 Å². The average Bonchev–Trinajstić information content (AvgIpc) is 3.27. The van der Waals surface area contributed by atoms with E-state index in [1.807, 2.05) is 16.1 Å². The molecule has 3 heterocycles. The Kier molecular flexibility index (Phi) is 4.46. The van der Waals surface area contributed by atoms with Crippen LogP contribution in [-0.4, -0.2) is 45.8 Å². The zero-order chi connectivity index (χ0) is 16.4. The standard InChI is InChI=1S/C17H19N5S2/c23-17-18-16(15-7-4-12-24-15)19-22(17)13-20-8-10-21(11-9-20)14-5-2-1-3-6-14/h1-7,12H,8-11,13H2,(H,18,19,23). The summed E-state index contributed by atoms with van der Waals surface area (Å²) in [6.45, 7) is 4.86. The van der Waals surface area contributed by atoms with E-state index in [1.165, 1.54) is 5.69 Å². The summed E-state index contributed by atoms with van der Waals surface area (Å²) in [6, 6.07) is 14.7. The highest BCUT2D eigenvalue weighted by Crippen LogP contribution is 2.21. The first kappa shape index (κ1) is 15.6. The molecule has 2 aromatic heterocycles. The predicted octanol–water partition coefficient (Wildman–Crippen LogP) is 3.45. The van der Waals surface area contributed by atoms with Gasteiger partial charge in [0.2, 0.25) is 4.77 Å². The van der Waals surface area contributed by atoms with Crippen LogP contribution in [0.1, 0.15) is 0 Å². The third-order valence-electron chi connectivity index (χ3n) is 4.27. The first-order valence-corrected chi connectivity index (χ1v) is 9.31. The number of hydrogen-bond donors (Lipinski definition) is 1. The van der Waals surface area contributed by atoms with Crippen molar-refractivity contribution in [1.82, 2.24) is 19.7 Å². The first-order chi connectivity index (χ1) is 11.8. The molecule has 1 aromatic carbocycles. The molecule has 5 nitrogen and oxygen atoms in total. The number of hydrogen-bond acceptors (Lipinski definition) is 5. The lowest BCUT2D eigenvalue weighted by atomic mass is 10.2. The molecule has 1 aliphatic rings.